The topological polar surface area (TPSA) is 33.2 Å². The lowest BCUT2D eigenvalue weighted by molar-refractivity contribution is 0.0594. The Morgan fingerprint density at radius 1 is 1.10 bits per heavy atom. The number of halogens is 1. The highest BCUT2D eigenvalue weighted by Crippen LogP contribution is 2.38. The third-order valence-electron chi connectivity index (χ3n) is 4.73. The Labute approximate surface area is 128 Å². The van der Waals surface area contributed by atoms with Gasteiger partial charge in [0.15, 0.2) is 0 Å². The van der Waals surface area contributed by atoms with E-state index in [-0.39, 0.29) is 11.3 Å². The van der Waals surface area contributed by atoms with Crippen molar-refractivity contribution in [1.29, 1.82) is 0 Å². The number of nitrogens with zero attached hydrogens (tertiary/aromatic N) is 2. The molecule has 2 unspecified atom stereocenters. The molecule has 1 aromatic heterocycles. The molecule has 0 N–H and O–H groups in total. The van der Waals surface area contributed by atoms with Gasteiger partial charge in [0.25, 0.3) is 5.91 Å². The molecule has 2 saturated heterocycles. The predicted molar refractivity (Wildman–Crippen MR) is 83.6 cm³/mol. The first kappa shape index (κ1) is 13.1. The average molecular weight is 301 g/mol. The van der Waals surface area contributed by atoms with Crippen molar-refractivity contribution in [2.24, 2.45) is 0 Å². The molecule has 108 valence electrons. The smallest absolute Gasteiger partial charge is 0.272 e. The van der Waals surface area contributed by atoms with Gasteiger partial charge in [0, 0.05) is 22.8 Å². The minimum atomic E-state index is 0.0665. The summed E-state index contributed by atoms with van der Waals surface area (Å²) in [5.74, 6) is 0.0665. The molecule has 0 spiro atoms. The van der Waals surface area contributed by atoms with Gasteiger partial charge in [0.1, 0.15) is 5.69 Å². The first-order chi connectivity index (χ1) is 10.2. The molecule has 3 nitrogen and oxygen atoms in total. The molecule has 0 aliphatic carbocycles. The largest absolute Gasteiger partial charge is 0.331 e. The summed E-state index contributed by atoms with van der Waals surface area (Å²) >= 11 is 6.29. The molecule has 1 amide bonds. The van der Waals surface area contributed by atoms with E-state index in [1.54, 1.807) is 0 Å². The summed E-state index contributed by atoms with van der Waals surface area (Å²) in [5.41, 5.74) is 1.43. The number of hydrogen-bond acceptors (Lipinski definition) is 2. The van der Waals surface area contributed by atoms with Crippen molar-refractivity contribution in [1.82, 2.24) is 9.88 Å². The monoisotopic (exact) mass is 300 g/mol. The first-order valence-electron chi connectivity index (χ1n) is 7.55. The zero-order chi connectivity index (χ0) is 14.4. The number of pyridine rings is 1. The molecular formula is C17H17ClN2O. The molecule has 2 aromatic rings. The highest BCUT2D eigenvalue weighted by atomic mass is 35.5. The van der Waals surface area contributed by atoms with E-state index in [1.165, 1.54) is 0 Å². The number of para-hydroxylation sites is 1. The van der Waals surface area contributed by atoms with Crippen LogP contribution in [-0.2, 0) is 0 Å². The molecule has 0 saturated carbocycles. The molecule has 3 heterocycles. The number of alkyl halides is 1. The summed E-state index contributed by atoms with van der Waals surface area (Å²) in [4.78, 5) is 19.4. The van der Waals surface area contributed by atoms with Crippen LogP contribution in [0, 0.1) is 0 Å². The van der Waals surface area contributed by atoms with Crippen molar-refractivity contribution in [2.45, 2.75) is 43.1 Å². The molecule has 4 heteroatoms. The number of hydrogen-bond donors (Lipinski definition) is 0. The fourth-order valence-corrected chi connectivity index (χ4v) is 4.17. The fraction of sp³-hybridized carbons (Fsp3) is 0.412. The molecule has 2 aliphatic heterocycles. The van der Waals surface area contributed by atoms with E-state index in [0.717, 1.165) is 36.6 Å². The Hall–Kier alpha value is -1.61. The van der Waals surface area contributed by atoms with Gasteiger partial charge in [-0.1, -0.05) is 24.3 Å². The Bertz CT molecular complexity index is 688. The van der Waals surface area contributed by atoms with Crippen LogP contribution in [0.25, 0.3) is 10.9 Å². The van der Waals surface area contributed by atoms with Gasteiger partial charge in [0.05, 0.1) is 5.52 Å². The van der Waals surface area contributed by atoms with E-state index < -0.39 is 0 Å². The Morgan fingerprint density at radius 2 is 1.81 bits per heavy atom. The van der Waals surface area contributed by atoms with E-state index in [9.17, 15) is 4.79 Å². The van der Waals surface area contributed by atoms with Crippen LogP contribution < -0.4 is 0 Å². The van der Waals surface area contributed by atoms with E-state index in [2.05, 4.69) is 4.98 Å². The number of aromatic nitrogens is 1. The number of fused-ring (bicyclic) bond motifs is 3. The van der Waals surface area contributed by atoms with Gasteiger partial charge in [-0.3, -0.25) is 4.79 Å². The third kappa shape index (κ3) is 2.20. The summed E-state index contributed by atoms with van der Waals surface area (Å²) in [6, 6.07) is 12.3. The van der Waals surface area contributed by atoms with Crippen molar-refractivity contribution >= 4 is 28.4 Å². The van der Waals surface area contributed by atoms with Gasteiger partial charge >= 0.3 is 0 Å². The SMILES string of the molecule is O=C(c1ccc2ccccc2n1)N1C2CCC1CC(Cl)C2. The van der Waals surface area contributed by atoms with Gasteiger partial charge in [-0.05, 0) is 37.8 Å². The normalized spacial score (nSPS) is 28.0. The van der Waals surface area contributed by atoms with Crippen molar-refractivity contribution in [2.75, 3.05) is 0 Å². The number of benzene rings is 1. The zero-order valence-electron chi connectivity index (χ0n) is 11.7. The van der Waals surface area contributed by atoms with Crippen LogP contribution >= 0.6 is 11.6 Å². The highest BCUT2D eigenvalue weighted by molar-refractivity contribution is 6.20. The maximum absolute atomic E-state index is 12.8. The second-order valence-corrected chi connectivity index (χ2v) is 6.67. The van der Waals surface area contributed by atoms with E-state index >= 15 is 0 Å². The molecule has 2 aliphatic rings. The summed E-state index contributed by atoms with van der Waals surface area (Å²) in [6.07, 6.45) is 3.98. The Kier molecular flexibility index (Phi) is 3.11. The minimum absolute atomic E-state index is 0.0665. The van der Waals surface area contributed by atoms with Crippen molar-refractivity contribution in [3.05, 3.63) is 42.1 Å². The van der Waals surface area contributed by atoms with E-state index in [0.29, 0.717) is 17.8 Å². The zero-order valence-corrected chi connectivity index (χ0v) is 12.5. The van der Waals surface area contributed by atoms with Crippen LogP contribution in [0.1, 0.15) is 36.2 Å². The minimum Gasteiger partial charge on any atom is -0.331 e. The van der Waals surface area contributed by atoms with Gasteiger partial charge < -0.3 is 4.90 Å². The first-order valence-corrected chi connectivity index (χ1v) is 7.98. The number of rotatable bonds is 1. The number of amides is 1. The van der Waals surface area contributed by atoms with Crippen LogP contribution in [0.2, 0.25) is 0 Å². The second kappa shape index (κ2) is 4.99. The Morgan fingerprint density at radius 3 is 2.57 bits per heavy atom. The molecular weight excluding hydrogens is 284 g/mol. The van der Waals surface area contributed by atoms with Crippen LogP contribution in [0.3, 0.4) is 0 Å². The molecule has 2 bridgehead atoms. The molecule has 4 rings (SSSR count). The third-order valence-corrected chi connectivity index (χ3v) is 5.08. The maximum Gasteiger partial charge on any atom is 0.272 e. The van der Waals surface area contributed by atoms with E-state index in [4.69, 9.17) is 11.6 Å². The number of piperidine rings is 1. The van der Waals surface area contributed by atoms with Gasteiger partial charge in [-0.25, -0.2) is 4.98 Å². The van der Waals surface area contributed by atoms with Crippen molar-refractivity contribution in [3.8, 4) is 0 Å². The van der Waals surface area contributed by atoms with E-state index in [1.807, 2.05) is 41.3 Å². The quantitative estimate of drug-likeness (QED) is 0.754. The van der Waals surface area contributed by atoms with Crippen LogP contribution in [-0.4, -0.2) is 33.3 Å². The molecule has 2 fully saturated rings. The van der Waals surface area contributed by atoms with Crippen molar-refractivity contribution < 1.29 is 4.79 Å². The van der Waals surface area contributed by atoms with Gasteiger partial charge in [-0.2, -0.15) is 0 Å². The lowest BCUT2D eigenvalue weighted by atomic mass is 10.0. The Balaban J connectivity index is 1.67. The van der Waals surface area contributed by atoms with Gasteiger partial charge in [0.2, 0.25) is 0 Å². The van der Waals surface area contributed by atoms with Gasteiger partial charge in [-0.15, -0.1) is 11.6 Å². The maximum atomic E-state index is 12.8. The lowest BCUT2D eigenvalue weighted by Crippen LogP contribution is -2.47. The number of carbonyl (C=O) groups excluding carboxylic acids is 1. The second-order valence-electron chi connectivity index (χ2n) is 6.06. The molecule has 0 radical (unpaired) electrons. The summed E-state index contributed by atoms with van der Waals surface area (Å²) in [7, 11) is 0. The van der Waals surface area contributed by atoms with Crippen LogP contribution in [0.5, 0.6) is 0 Å². The summed E-state index contributed by atoms with van der Waals surface area (Å²) in [5, 5.41) is 1.28. The van der Waals surface area contributed by atoms with Crippen LogP contribution in [0.15, 0.2) is 36.4 Å². The standard InChI is InChI=1S/C17H17ClN2O/c18-12-9-13-6-7-14(10-12)20(13)17(21)16-8-5-11-3-1-2-4-15(11)19-16/h1-5,8,12-14H,6-7,9-10H2. The fourth-order valence-electron chi connectivity index (χ4n) is 3.76. The lowest BCUT2D eigenvalue weighted by Gasteiger charge is -2.36. The van der Waals surface area contributed by atoms with Crippen LogP contribution in [0.4, 0.5) is 0 Å². The predicted octanol–water partition coefficient (Wildman–Crippen LogP) is 3.61. The molecule has 2 atom stereocenters. The summed E-state index contributed by atoms with van der Waals surface area (Å²) in [6.45, 7) is 0. The average Bonchev–Trinajstić information content (AvgIpc) is 2.78. The van der Waals surface area contributed by atoms with Crippen molar-refractivity contribution in [3.63, 3.8) is 0 Å². The highest BCUT2D eigenvalue weighted by Gasteiger charge is 2.43. The molecule has 21 heavy (non-hydrogen) atoms. The molecule has 1 aromatic carbocycles. The summed E-state index contributed by atoms with van der Waals surface area (Å²) < 4.78 is 0. The number of carbonyl (C=O) groups is 1.